The Hall–Kier alpha value is -2.88. The maximum absolute atomic E-state index is 12.3. The molecule has 0 atom stereocenters. The van der Waals surface area contributed by atoms with Crippen molar-refractivity contribution in [2.24, 2.45) is 0 Å². The zero-order valence-electron chi connectivity index (χ0n) is 13.2. The number of carbonyl (C=O) groups is 1. The van der Waals surface area contributed by atoms with Crippen LogP contribution in [0.15, 0.2) is 54.7 Å². The lowest BCUT2D eigenvalue weighted by molar-refractivity contribution is 0.0527. The summed E-state index contributed by atoms with van der Waals surface area (Å²) in [5, 5.41) is 4.24. The van der Waals surface area contributed by atoms with E-state index in [9.17, 15) is 4.79 Å². The summed E-state index contributed by atoms with van der Waals surface area (Å²) in [6.07, 6.45) is 1.57. The topological polar surface area (TPSA) is 51.2 Å². The van der Waals surface area contributed by atoms with E-state index < -0.39 is 0 Å². The highest BCUT2D eigenvalue weighted by Crippen LogP contribution is 2.29. The number of anilines is 2. The van der Waals surface area contributed by atoms with Gasteiger partial charge in [-0.3, -0.25) is 4.98 Å². The third kappa shape index (κ3) is 3.16. The molecular formula is C19H18N2O2. The van der Waals surface area contributed by atoms with Gasteiger partial charge in [-0.1, -0.05) is 30.3 Å². The van der Waals surface area contributed by atoms with Crippen LogP contribution in [0, 0.1) is 6.92 Å². The predicted molar refractivity (Wildman–Crippen MR) is 92.2 cm³/mol. The maximum Gasteiger partial charge on any atom is 0.341 e. The molecule has 0 saturated heterocycles. The lowest BCUT2D eigenvalue weighted by Crippen LogP contribution is -2.09. The van der Waals surface area contributed by atoms with Gasteiger partial charge in [-0.05, 0) is 37.6 Å². The van der Waals surface area contributed by atoms with Gasteiger partial charge in [-0.15, -0.1) is 0 Å². The number of hydrogen-bond acceptors (Lipinski definition) is 4. The first-order valence-electron chi connectivity index (χ1n) is 7.57. The molecular weight excluding hydrogens is 288 g/mol. The van der Waals surface area contributed by atoms with Crippen LogP contribution in [-0.4, -0.2) is 17.6 Å². The fraction of sp³-hybridized carbons (Fsp3) is 0.158. The molecule has 3 aromatic rings. The zero-order chi connectivity index (χ0) is 16.2. The zero-order valence-corrected chi connectivity index (χ0v) is 13.2. The van der Waals surface area contributed by atoms with Crippen LogP contribution < -0.4 is 5.32 Å². The minimum atomic E-state index is -0.374. The molecule has 4 heteroatoms. The molecule has 0 aliphatic carbocycles. The molecule has 1 N–H and O–H groups in total. The normalized spacial score (nSPS) is 10.5. The summed E-state index contributed by atoms with van der Waals surface area (Å²) in [6, 6.07) is 15.7. The summed E-state index contributed by atoms with van der Waals surface area (Å²) in [6.45, 7) is 4.15. The third-order valence-corrected chi connectivity index (χ3v) is 3.56. The average molecular weight is 306 g/mol. The van der Waals surface area contributed by atoms with Gasteiger partial charge in [0.1, 0.15) is 5.56 Å². The predicted octanol–water partition coefficient (Wildman–Crippen LogP) is 4.46. The van der Waals surface area contributed by atoms with Gasteiger partial charge in [0.05, 0.1) is 17.8 Å². The van der Waals surface area contributed by atoms with E-state index in [1.165, 1.54) is 0 Å². The standard InChI is InChI=1S/C19H18N2O2/c1-3-23-19(22)16-12-20-17-10-5-4-9-15(17)18(16)21-14-8-6-7-13(2)11-14/h4-12H,3H2,1-2H3,(H,20,21). The number of aromatic nitrogens is 1. The van der Waals surface area contributed by atoms with E-state index in [0.717, 1.165) is 27.8 Å². The SMILES string of the molecule is CCOC(=O)c1cnc2ccccc2c1Nc1cccc(C)c1. The van der Waals surface area contributed by atoms with Crippen molar-refractivity contribution < 1.29 is 9.53 Å². The van der Waals surface area contributed by atoms with Crippen LogP contribution in [0.3, 0.4) is 0 Å². The van der Waals surface area contributed by atoms with Crippen molar-refractivity contribution in [2.75, 3.05) is 11.9 Å². The van der Waals surface area contributed by atoms with Gasteiger partial charge in [0.15, 0.2) is 0 Å². The first-order valence-corrected chi connectivity index (χ1v) is 7.57. The quantitative estimate of drug-likeness (QED) is 0.723. The highest BCUT2D eigenvalue weighted by molar-refractivity contribution is 6.05. The second kappa shape index (κ2) is 6.48. The largest absolute Gasteiger partial charge is 0.462 e. The Morgan fingerprint density at radius 1 is 1.17 bits per heavy atom. The fourth-order valence-electron chi connectivity index (χ4n) is 2.51. The number of nitrogens with zero attached hydrogens (tertiary/aromatic N) is 1. The molecule has 3 rings (SSSR count). The molecule has 116 valence electrons. The van der Waals surface area contributed by atoms with Gasteiger partial charge in [0.2, 0.25) is 0 Å². The minimum absolute atomic E-state index is 0.329. The number of para-hydroxylation sites is 1. The van der Waals surface area contributed by atoms with Gasteiger partial charge in [-0.2, -0.15) is 0 Å². The van der Waals surface area contributed by atoms with Crippen molar-refractivity contribution in [2.45, 2.75) is 13.8 Å². The summed E-state index contributed by atoms with van der Waals surface area (Å²) in [5.41, 5.74) is 4.06. The average Bonchev–Trinajstić information content (AvgIpc) is 2.55. The number of hydrogen-bond donors (Lipinski definition) is 1. The number of benzene rings is 2. The van der Waals surface area contributed by atoms with Gasteiger partial charge in [-0.25, -0.2) is 4.79 Å². The van der Waals surface area contributed by atoms with Crippen LogP contribution in [0.25, 0.3) is 10.9 Å². The molecule has 4 nitrogen and oxygen atoms in total. The Kier molecular flexibility index (Phi) is 4.24. The molecule has 1 aromatic heterocycles. The fourth-order valence-corrected chi connectivity index (χ4v) is 2.51. The molecule has 0 saturated carbocycles. The molecule has 0 spiro atoms. The molecule has 23 heavy (non-hydrogen) atoms. The van der Waals surface area contributed by atoms with E-state index >= 15 is 0 Å². The van der Waals surface area contributed by atoms with Gasteiger partial charge < -0.3 is 10.1 Å². The van der Waals surface area contributed by atoms with E-state index in [1.807, 2.05) is 55.5 Å². The second-order valence-corrected chi connectivity index (χ2v) is 5.28. The molecule has 0 fully saturated rings. The van der Waals surface area contributed by atoms with Crippen LogP contribution in [-0.2, 0) is 4.74 Å². The molecule has 0 radical (unpaired) electrons. The highest BCUT2D eigenvalue weighted by atomic mass is 16.5. The summed E-state index contributed by atoms with van der Waals surface area (Å²) >= 11 is 0. The van der Waals surface area contributed by atoms with Crippen molar-refractivity contribution in [3.05, 3.63) is 65.9 Å². The number of nitrogens with one attached hydrogen (secondary N) is 1. The maximum atomic E-state index is 12.3. The van der Waals surface area contributed by atoms with E-state index in [4.69, 9.17) is 4.74 Å². The number of carbonyl (C=O) groups excluding carboxylic acids is 1. The molecule has 0 aliphatic heterocycles. The van der Waals surface area contributed by atoms with E-state index in [-0.39, 0.29) is 5.97 Å². The molecule has 0 amide bonds. The summed E-state index contributed by atoms with van der Waals surface area (Å²) < 4.78 is 5.16. The van der Waals surface area contributed by atoms with Crippen LogP contribution in [0.5, 0.6) is 0 Å². The molecule has 0 aliphatic rings. The van der Waals surface area contributed by atoms with Crippen molar-refractivity contribution in [1.82, 2.24) is 4.98 Å². The van der Waals surface area contributed by atoms with Crippen LogP contribution in [0.2, 0.25) is 0 Å². The van der Waals surface area contributed by atoms with Gasteiger partial charge in [0, 0.05) is 17.3 Å². The van der Waals surface area contributed by atoms with Crippen molar-refractivity contribution in [3.63, 3.8) is 0 Å². The minimum Gasteiger partial charge on any atom is -0.462 e. The van der Waals surface area contributed by atoms with Crippen molar-refractivity contribution >= 4 is 28.2 Å². The second-order valence-electron chi connectivity index (χ2n) is 5.28. The summed E-state index contributed by atoms with van der Waals surface area (Å²) in [4.78, 5) is 16.6. The summed E-state index contributed by atoms with van der Waals surface area (Å²) in [7, 11) is 0. The Labute approximate surface area is 135 Å². The lowest BCUT2D eigenvalue weighted by Gasteiger charge is -2.14. The van der Waals surface area contributed by atoms with E-state index in [0.29, 0.717) is 12.2 Å². The summed E-state index contributed by atoms with van der Waals surface area (Å²) in [5.74, 6) is -0.374. The van der Waals surface area contributed by atoms with Crippen LogP contribution in [0.1, 0.15) is 22.8 Å². The Bertz CT molecular complexity index is 859. The Morgan fingerprint density at radius 3 is 2.78 bits per heavy atom. The Morgan fingerprint density at radius 2 is 2.00 bits per heavy atom. The van der Waals surface area contributed by atoms with Gasteiger partial charge in [0.25, 0.3) is 0 Å². The van der Waals surface area contributed by atoms with Crippen molar-refractivity contribution in [1.29, 1.82) is 0 Å². The molecule has 0 bridgehead atoms. The molecule has 2 aromatic carbocycles. The third-order valence-electron chi connectivity index (χ3n) is 3.56. The first-order chi connectivity index (χ1) is 11.2. The highest BCUT2D eigenvalue weighted by Gasteiger charge is 2.16. The lowest BCUT2D eigenvalue weighted by atomic mass is 10.1. The number of esters is 1. The number of ether oxygens (including phenoxy) is 1. The monoisotopic (exact) mass is 306 g/mol. The number of pyridine rings is 1. The molecule has 0 unspecified atom stereocenters. The van der Waals surface area contributed by atoms with Crippen molar-refractivity contribution in [3.8, 4) is 0 Å². The Balaban J connectivity index is 2.14. The number of fused-ring (bicyclic) bond motifs is 1. The van der Waals surface area contributed by atoms with E-state index in [2.05, 4.69) is 10.3 Å². The smallest absolute Gasteiger partial charge is 0.341 e. The van der Waals surface area contributed by atoms with Crippen LogP contribution in [0.4, 0.5) is 11.4 Å². The van der Waals surface area contributed by atoms with Gasteiger partial charge >= 0.3 is 5.97 Å². The van der Waals surface area contributed by atoms with Crippen LogP contribution >= 0.6 is 0 Å². The number of rotatable bonds is 4. The molecule has 1 heterocycles. The number of aryl methyl sites for hydroxylation is 1. The van der Waals surface area contributed by atoms with E-state index in [1.54, 1.807) is 13.1 Å². The first kappa shape index (κ1) is 15.0.